The first-order valence-electron chi connectivity index (χ1n) is 9.28. The highest BCUT2D eigenvalue weighted by Crippen LogP contribution is 2.52. The van der Waals surface area contributed by atoms with Crippen molar-refractivity contribution >= 4 is 5.69 Å². The molecule has 2 aromatic rings. The zero-order valence-corrected chi connectivity index (χ0v) is 15.5. The highest BCUT2D eigenvalue weighted by molar-refractivity contribution is 5.56. The molecule has 1 fully saturated rings. The number of nitrogens with zero attached hydrogens (tertiary/aromatic N) is 1. The molecule has 1 aliphatic heterocycles. The number of methoxy groups -OCH3 is 2. The number of hydrogen-bond donors (Lipinski definition) is 0. The van der Waals surface area contributed by atoms with Crippen LogP contribution in [0.4, 0.5) is 5.69 Å². The summed E-state index contributed by atoms with van der Waals surface area (Å²) in [5.74, 6) is 1.91. The fraction of sp³-hybridized carbons (Fsp3) is 0.429. The Balaban J connectivity index is 1.87. The van der Waals surface area contributed by atoms with Crippen molar-refractivity contribution in [3.05, 3.63) is 63.2 Å². The Bertz CT molecular complexity index is 848. The van der Waals surface area contributed by atoms with Crippen LogP contribution in [-0.4, -0.2) is 25.2 Å². The minimum absolute atomic E-state index is 0.0722. The Morgan fingerprint density at radius 2 is 1.59 bits per heavy atom. The normalized spacial score (nSPS) is 23.9. The molecule has 1 saturated carbocycles. The van der Waals surface area contributed by atoms with Crippen LogP contribution in [-0.2, 0) is 4.74 Å². The molecule has 0 N–H and O–H groups in total. The summed E-state index contributed by atoms with van der Waals surface area (Å²) in [6, 6.07) is 10.5. The predicted octanol–water partition coefficient (Wildman–Crippen LogP) is 4.76. The molecule has 3 atom stereocenters. The van der Waals surface area contributed by atoms with Gasteiger partial charge in [-0.25, -0.2) is 0 Å². The Morgan fingerprint density at radius 1 is 0.963 bits per heavy atom. The maximum absolute atomic E-state index is 11.0. The summed E-state index contributed by atoms with van der Waals surface area (Å²) in [4.78, 5) is 10.6. The highest BCUT2D eigenvalue weighted by atomic mass is 16.6. The van der Waals surface area contributed by atoms with Crippen molar-refractivity contribution in [3.8, 4) is 11.5 Å². The van der Waals surface area contributed by atoms with E-state index in [0.717, 1.165) is 47.5 Å². The quantitative estimate of drug-likeness (QED) is 0.574. The smallest absolute Gasteiger partial charge is 0.269 e. The van der Waals surface area contributed by atoms with E-state index >= 15 is 0 Å². The number of rotatable bonds is 4. The third-order valence-electron chi connectivity index (χ3n) is 5.70. The first-order valence-corrected chi connectivity index (χ1v) is 9.28. The molecule has 6 heteroatoms. The number of fused-ring (bicyclic) bond motifs is 3. The molecular weight excluding hydrogens is 346 g/mol. The summed E-state index contributed by atoms with van der Waals surface area (Å²) in [6.45, 7) is 0. The van der Waals surface area contributed by atoms with Gasteiger partial charge >= 0.3 is 0 Å². The third kappa shape index (κ3) is 3.04. The average molecular weight is 369 g/mol. The van der Waals surface area contributed by atoms with Gasteiger partial charge in [-0.2, -0.15) is 0 Å². The van der Waals surface area contributed by atoms with Crippen molar-refractivity contribution in [2.45, 2.75) is 43.8 Å². The van der Waals surface area contributed by atoms with Crippen molar-refractivity contribution < 1.29 is 19.1 Å². The van der Waals surface area contributed by atoms with E-state index in [1.807, 2.05) is 12.1 Å². The number of nitro groups is 1. The van der Waals surface area contributed by atoms with Gasteiger partial charge in [0.05, 0.1) is 25.2 Å². The van der Waals surface area contributed by atoms with E-state index in [-0.39, 0.29) is 28.7 Å². The average Bonchev–Trinajstić information content (AvgIpc) is 2.72. The van der Waals surface area contributed by atoms with Crippen LogP contribution < -0.4 is 9.47 Å². The van der Waals surface area contributed by atoms with Crippen molar-refractivity contribution in [1.82, 2.24) is 0 Å². The lowest BCUT2D eigenvalue weighted by atomic mass is 9.75. The summed E-state index contributed by atoms with van der Waals surface area (Å²) in [5.41, 5.74) is 3.10. The van der Waals surface area contributed by atoms with Crippen LogP contribution in [0.5, 0.6) is 11.5 Å². The Morgan fingerprint density at radius 3 is 2.22 bits per heavy atom. The number of ether oxygens (including phenoxy) is 3. The van der Waals surface area contributed by atoms with E-state index in [4.69, 9.17) is 14.2 Å². The topological polar surface area (TPSA) is 70.8 Å². The summed E-state index contributed by atoms with van der Waals surface area (Å²) in [6.07, 6.45) is 4.18. The number of hydrogen-bond acceptors (Lipinski definition) is 5. The molecule has 0 bridgehead atoms. The maximum Gasteiger partial charge on any atom is 0.269 e. The van der Waals surface area contributed by atoms with E-state index in [9.17, 15) is 10.1 Å². The molecule has 2 aromatic carbocycles. The number of benzene rings is 2. The van der Waals surface area contributed by atoms with Gasteiger partial charge in [0, 0.05) is 29.2 Å². The monoisotopic (exact) mass is 369 g/mol. The van der Waals surface area contributed by atoms with Crippen molar-refractivity contribution in [2.24, 2.45) is 0 Å². The summed E-state index contributed by atoms with van der Waals surface area (Å²) >= 11 is 0. The Kier molecular flexibility index (Phi) is 4.74. The molecule has 0 unspecified atom stereocenters. The van der Waals surface area contributed by atoms with Crippen LogP contribution in [0, 0.1) is 10.1 Å². The molecule has 0 aromatic heterocycles. The van der Waals surface area contributed by atoms with Crippen molar-refractivity contribution in [1.29, 1.82) is 0 Å². The van der Waals surface area contributed by atoms with Crippen LogP contribution in [0.15, 0.2) is 36.4 Å². The van der Waals surface area contributed by atoms with Gasteiger partial charge in [0.1, 0.15) is 17.6 Å². The van der Waals surface area contributed by atoms with E-state index in [0.29, 0.717) is 0 Å². The van der Waals surface area contributed by atoms with Gasteiger partial charge in [0.25, 0.3) is 5.69 Å². The SMILES string of the molecule is COc1ccc(OC)c2c1[C@@H](c1ccc([N+](=O)[O-])cc1)O[C@@H]1CCCC[C@@H]21. The fourth-order valence-corrected chi connectivity index (χ4v) is 4.45. The standard InChI is InChI=1S/C21H23NO5/c1-25-17-11-12-18(26-2)20-19(17)15-5-3-4-6-16(15)27-21(20)13-7-9-14(10-8-13)22(23)24/h7-12,15-16,21H,3-6H2,1-2H3/t15-,16-,21-/m1/s1. The minimum Gasteiger partial charge on any atom is -0.496 e. The van der Waals surface area contributed by atoms with E-state index < -0.39 is 0 Å². The summed E-state index contributed by atoms with van der Waals surface area (Å²) in [5, 5.41) is 11.0. The van der Waals surface area contributed by atoms with Crippen LogP contribution in [0.25, 0.3) is 0 Å². The maximum atomic E-state index is 11.0. The fourth-order valence-electron chi connectivity index (χ4n) is 4.45. The third-order valence-corrected chi connectivity index (χ3v) is 5.70. The van der Waals surface area contributed by atoms with Gasteiger partial charge in [-0.05, 0) is 42.7 Å². The lowest BCUT2D eigenvalue weighted by Gasteiger charge is -2.42. The lowest BCUT2D eigenvalue weighted by molar-refractivity contribution is -0.384. The van der Waals surface area contributed by atoms with Crippen LogP contribution in [0.3, 0.4) is 0 Å². The highest BCUT2D eigenvalue weighted by Gasteiger charge is 2.41. The molecule has 142 valence electrons. The number of non-ortho nitro benzene ring substituents is 1. The van der Waals surface area contributed by atoms with Gasteiger partial charge in [-0.15, -0.1) is 0 Å². The Hall–Kier alpha value is -2.60. The first-order chi connectivity index (χ1) is 13.1. The summed E-state index contributed by atoms with van der Waals surface area (Å²) in [7, 11) is 3.35. The zero-order valence-electron chi connectivity index (χ0n) is 15.5. The second kappa shape index (κ2) is 7.19. The van der Waals surface area contributed by atoms with Crippen LogP contribution in [0.2, 0.25) is 0 Å². The molecule has 6 nitrogen and oxygen atoms in total. The molecule has 1 aliphatic carbocycles. The molecule has 0 spiro atoms. The molecule has 0 radical (unpaired) electrons. The molecule has 0 saturated heterocycles. The molecule has 0 amide bonds. The Labute approximate surface area is 158 Å². The zero-order chi connectivity index (χ0) is 19.0. The number of nitro benzene ring substituents is 1. The molecule has 4 rings (SSSR count). The predicted molar refractivity (Wildman–Crippen MR) is 101 cm³/mol. The lowest BCUT2D eigenvalue weighted by Crippen LogP contribution is -2.34. The molecular formula is C21H23NO5. The second-order valence-electron chi connectivity index (χ2n) is 7.09. The van der Waals surface area contributed by atoms with E-state index in [1.165, 1.54) is 18.6 Å². The molecule has 27 heavy (non-hydrogen) atoms. The minimum atomic E-state index is -0.389. The van der Waals surface area contributed by atoms with Gasteiger partial charge in [-0.3, -0.25) is 10.1 Å². The first kappa shape index (κ1) is 17.8. The van der Waals surface area contributed by atoms with Gasteiger partial charge in [-0.1, -0.05) is 12.8 Å². The van der Waals surface area contributed by atoms with E-state index in [2.05, 4.69) is 0 Å². The second-order valence-corrected chi connectivity index (χ2v) is 7.09. The van der Waals surface area contributed by atoms with Gasteiger partial charge < -0.3 is 14.2 Å². The largest absolute Gasteiger partial charge is 0.496 e. The van der Waals surface area contributed by atoms with E-state index in [1.54, 1.807) is 26.4 Å². The van der Waals surface area contributed by atoms with Crippen LogP contribution >= 0.6 is 0 Å². The van der Waals surface area contributed by atoms with Gasteiger partial charge in [0.2, 0.25) is 0 Å². The molecule has 2 aliphatic rings. The van der Waals surface area contributed by atoms with Crippen molar-refractivity contribution in [2.75, 3.05) is 14.2 Å². The van der Waals surface area contributed by atoms with Crippen molar-refractivity contribution in [3.63, 3.8) is 0 Å². The van der Waals surface area contributed by atoms with Gasteiger partial charge in [0.15, 0.2) is 0 Å². The molecule has 1 heterocycles. The van der Waals surface area contributed by atoms with Crippen LogP contribution in [0.1, 0.15) is 54.4 Å². The summed E-state index contributed by atoms with van der Waals surface area (Å²) < 4.78 is 17.9.